The van der Waals surface area contributed by atoms with Gasteiger partial charge in [-0.2, -0.15) is 0 Å². The van der Waals surface area contributed by atoms with Crippen LogP contribution in [0.25, 0.3) is 0 Å². The lowest BCUT2D eigenvalue weighted by atomic mass is 10.3. The Labute approximate surface area is 112 Å². The van der Waals surface area contributed by atoms with E-state index in [-0.39, 0.29) is 0 Å². The number of thioether (sulfide) groups is 1. The molecule has 0 N–H and O–H groups in total. The summed E-state index contributed by atoms with van der Waals surface area (Å²) in [5, 5.41) is 0.548. The molecule has 82 valence electrons. The van der Waals surface area contributed by atoms with Crippen molar-refractivity contribution in [2.45, 2.75) is 10.6 Å². The normalized spacial score (nSPS) is 10.4. The summed E-state index contributed by atoms with van der Waals surface area (Å²) in [4.78, 5) is 5.20. The highest BCUT2D eigenvalue weighted by Crippen LogP contribution is 2.25. The summed E-state index contributed by atoms with van der Waals surface area (Å²) in [6.45, 7) is 0. The van der Waals surface area contributed by atoms with Gasteiger partial charge in [-0.05, 0) is 35.9 Å². The van der Waals surface area contributed by atoms with Crippen LogP contribution in [-0.2, 0) is 5.75 Å². The predicted molar refractivity (Wildman–Crippen MR) is 73.0 cm³/mol. The van der Waals surface area contributed by atoms with E-state index in [0.29, 0.717) is 5.15 Å². The van der Waals surface area contributed by atoms with Crippen molar-refractivity contribution in [3.63, 3.8) is 0 Å². The topological polar surface area (TPSA) is 12.9 Å². The van der Waals surface area contributed by atoms with Crippen LogP contribution in [0.4, 0.5) is 0 Å². The van der Waals surface area contributed by atoms with Crippen LogP contribution < -0.4 is 0 Å². The minimum Gasteiger partial charge on any atom is -0.245 e. The summed E-state index contributed by atoms with van der Waals surface area (Å²) in [6, 6.07) is 12.1. The molecular formula is C12H9BrClNS. The molecule has 1 aromatic carbocycles. The molecule has 0 radical (unpaired) electrons. The molecule has 4 heteroatoms. The fourth-order valence-corrected chi connectivity index (χ4v) is 2.90. The van der Waals surface area contributed by atoms with Crippen LogP contribution >= 0.6 is 39.3 Å². The smallest absolute Gasteiger partial charge is 0.129 e. The highest BCUT2D eigenvalue weighted by molar-refractivity contribution is 9.10. The molecular weight excluding hydrogens is 306 g/mol. The summed E-state index contributed by atoms with van der Waals surface area (Å²) in [6.07, 6.45) is 1.74. The van der Waals surface area contributed by atoms with Crippen molar-refractivity contribution in [1.82, 2.24) is 4.98 Å². The number of benzene rings is 1. The van der Waals surface area contributed by atoms with E-state index in [9.17, 15) is 0 Å². The minimum atomic E-state index is 0.548. The van der Waals surface area contributed by atoms with Gasteiger partial charge in [0.15, 0.2) is 0 Å². The summed E-state index contributed by atoms with van der Waals surface area (Å²) >= 11 is 11.1. The first kappa shape index (κ1) is 12.0. The van der Waals surface area contributed by atoms with Crippen LogP contribution in [0, 0.1) is 0 Å². The average Bonchev–Trinajstić information content (AvgIpc) is 2.27. The molecule has 1 aromatic heterocycles. The molecule has 0 bridgehead atoms. The lowest BCUT2D eigenvalue weighted by Gasteiger charge is -2.02. The highest BCUT2D eigenvalue weighted by Gasteiger charge is 1.98. The molecule has 0 unspecified atom stereocenters. The van der Waals surface area contributed by atoms with Crippen molar-refractivity contribution in [1.29, 1.82) is 0 Å². The maximum atomic E-state index is 5.82. The van der Waals surface area contributed by atoms with Crippen LogP contribution in [0.5, 0.6) is 0 Å². The number of aromatic nitrogens is 1. The molecule has 0 aliphatic heterocycles. The largest absolute Gasteiger partial charge is 0.245 e. The van der Waals surface area contributed by atoms with Gasteiger partial charge in [0.1, 0.15) is 5.15 Å². The van der Waals surface area contributed by atoms with Gasteiger partial charge in [0.2, 0.25) is 0 Å². The summed E-state index contributed by atoms with van der Waals surface area (Å²) in [5.41, 5.74) is 1.19. The lowest BCUT2D eigenvalue weighted by molar-refractivity contribution is 1.27. The lowest BCUT2D eigenvalue weighted by Crippen LogP contribution is -1.82. The van der Waals surface area contributed by atoms with Crippen LogP contribution in [0.1, 0.15) is 5.56 Å². The van der Waals surface area contributed by atoms with Crippen LogP contribution in [0.2, 0.25) is 5.15 Å². The van der Waals surface area contributed by atoms with Gasteiger partial charge in [-0.15, -0.1) is 11.8 Å². The first-order chi connectivity index (χ1) is 7.74. The second-order valence-corrected chi connectivity index (χ2v) is 5.58. The third-order valence-corrected chi connectivity index (χ3v) is 3.76. The standard InChI is InChI=1S/C12H9BrClNS/c13-10-2-1-3-11(7-10)16-8-9-4-5-15-12(14)6-9/h1-7H,8H2. The second-order valence-electron chi connectivity index (χ2n) is 3.23. The van der Waals surface area contributed by atoms with E-state index < -0.39 is 0 Å². The van der Waals surface area contributed by atoms with E-state index in [0.717, 1.165) is 10.2 Å². The Kier molecular flexibility index (Phi) is 4.27. The van der Waals surface area contributed by atoms with Crippen molar-refractivity contribution >= 4 is 39.3 Å². The van der Waals surface area contributed by atoms with Crippen molar-refractivity contribution in [3.05, 3.63) is 57.8 Å². The number of hydrogen-bond acceptors (Lipinski definition) is 2. The van der Waals surface area contributed by atoms with E-state index in [1.54, 1.807) is 18.0 Å². The maximum absolute atomic E-state index is 5.82. The maximum Gasteiger partial charge on any atom is 0.129 e. The molecule has 0 saturated heterocycles. The van der Waals surface area contributed by atoms with Crippen LogP contribution in [-0.4, -0.2) is 4.98 Å². The molecule has 16 heavy (non-hydrogen) atoms. The highest BCUT2D eigenvalue weighted by atomic mass is 79.9. The van der Waals surface area contributed by atoms with E-state index >= 15 is 0 Å². The van der Waals surface area contributed by atoms with Crippen molar-refractivity contribution in [2.75, 3.05) is 0 Å². The first-order valence-corrected chi connectivity index (χ1v) is 6.88. The van der Waals surface area contributed by atoms with Gasteiger partial charge in [0, 0.05) is 21.3 Å². The van der Waals surface area contributed by atoms with Crippen molar-refractivity contribution in [2.24, 2.45) is 0 Å². The van der Waals surface area contributed by atoms with Gasteiger partial charge in [-0.25, -0.2) is 4.98 Å². The molecule has 1 nitrogen and oxygen atoms in total. The second kappa shape index (κ2) is 5.71. The van der Waals surface area contributed by atoms with Gasteiger partial charge in [0.05, 0.1) is 0 Å². The van der Waals surface area contributed by atoms with E-state index in [1.165, 1.54) is 10.5 Å². The summed E-state index contributed by atoms with van der Waals surface area (Å²) < 4.78 is 1.10. The Bertz CT molecular complexity index is 444. The minimum absolute atomic E-state index is 0.548. The number of nitrogens with zero attached hydrogens (tertiary/aromatic N) is 1. The molecule has 1 heterocycles. The zero-order chi connectivity index (χ0) is 11.4. The fraction of sp³-hybridized carbons (Fsp3) is 0.0833. The van der Waals surface area contributed by atoms with E-state index in [2.05, 4.69) is 33.0 Å². The monoisotopic (exact) mass is 313 g/mol. The molecule has 0 spiro atoms. The zero-order valence-electron chi connectivity index (χ0n) is 8.36. The third-order valence-electron chi connectivity index (χ3n) is 1.99. The molecule has 0 amide bonds. The quantitative estimate of drug-likeness (QED) is 0.597. The van der Waals surface area contributed by atoms with Crippen molar-refractivity contribution < 1.29 is 0 Å². The summed E-state index contributed by atoms with van der Waals surface area (Å²) in [7, 11) is 0. The van der Waals surface area contributed by atoms with Gasteiger partial charge in [-0.3, -0.25) is 0 Å². The third kappa shape index (κ3) is 3.51. The predicted octanol–water partition coefficient (Wildman–Crippen LogP) is 4.79. The SMILES string of the molecule is Clc1cc(CSc2cccc(Br)c2)ccn1. The average molecular weight is 315 g/mol. The van der Waals surface area contributed by atoms with Crippen LogP contribution in [0.3, 0.4) is 0 Å². The fourth-order valence-electron chi connectivity index (χ4n) is 1.26. The molecule has 2 rings (SSSR count). The molecule has 0 saturated carbocycles. The molecule has 0 aliphatic rings. The Morgan fingerprint density at radius 3 is 2.88 bits per heavy atom. The Morgan fingerprint density at radius 2 is 2.12 bits per heavy atom. The Morgan fingerprint density at radius 1 is 1.25 bits per heavy atom. The Balaban J connectivity index is 2.02. The van der Waals surface area contributed by atoms with Gasteiger partial charge >= 0.3 is 0 Å². The first-order valence-electron chi connectivity index (χ1n) is 4.73. The van der Waals surface area contributed by atoms with Gasteiger partial charge < -0.3 is 0 Å². The molecule has 0 aliphatic carbocycles. The Hall–Kier alpha value is -0.510. The van der Waals surface area contributed by atoms with Crippen molar-refractivity contribution in [3.8, 4) is 0 Å². The van der Waals surface area contributed by atoms with Gasteiger partial charge in [0.25, 0.3) is 0 Å². The van der Waals surface area contributed by atoms with Gasteiger partial charge in [-0.1, -0.05) is 33.6 Å². The van der Waals surface area contributed by atoms with Crippen LogP contribution in [0.15, 0.2) is 52.0 Å². The molecule has 0 atom stereocenters. The number of rotatable bonds is 3. The molecule has 2 aromatic rings. The number of pyridine rings is 1. The number of halogens is 2. The number of hydrogen-bond donors (Lipinski definition) is 0. The van der Waals surface area contributed by atoms with E-state index in [4.69, 9.17) is 11.6 Å². The zero-order valence-corrected chi connectivity index (χ0v) is 11.5. The van der Waals surface area contributed by atoms with E-state index in [1.807, 2.05) is 24.3 Å². The molecule has 0 fully saturated rings. The summed E-state index contributed by atoms with van der Waals surface area (Å²) in [5.74, 6) is 0.901.